The summed E-state index contributed by atoms with van der Waals surface area (Å²) in [4.78, 5) is 28.2. The molecule has 2 aliphatic heterocycles. The van der Waals surface area contributed by atoms with Crippen molar-refractivity contribution in [3.63, 3.8) is 0 Å². The summed E-state index contributed by atoms with van der Waals surface area (Å²) < 4.78 is 27.6. The molecule has 2 atom stereocenters. The molecule has 0 aromatic heterocycles. The predicted octanol–water partition coefficient (Wildman–Crippen LogP) is 1.64. The number of halogens is 2. The lowest BCUT2D eigenvalue weighted by Gasteiger charge is -2.38. The van der Waals surface area contributed by atoms with Gasteiger partial charge in [-0.1, -0.05) is 6.07 Å². The van der Waals surface area contributed by atoms with Crippen LogP contribution in [-0.2, 0) is 4.79 Å². The average Bonchev–Trinajstić information content (AvgIpc) is 2.61. The molecule has 0 spiro atoms. The Balaban J connectivity index is 1.60. The van der Waals surface area contributed by atoms with Gasteiger partial charge in [0.1, 0.15) is 17.2 Å². The molecule has 7 heteroatoms. The van der Waals surface area contributed by atoms with E-state index >= 15 is 0 Å². The predicted molar refractivity (Wildman–Crippen MR) is 89.0 cm³/mol. The van der Waals surface area contributed by atoms with Crippen molar-refractivity contribution in [1.29, 1.82) is 0 Å². The molecule has 0 radical (unpaired) electrons. The van der Waals surface area contributed by atoms with Gasteiger partial charge in [0.05, 0.1) is 0 Å². The number of carbonyl (C=O) groups is 2. The van der Waals surface area contributed by atoms with Crippen LogP contribution >= 0.6 is 0 Å². The fraction of sp³-hybridized carbons (Fsp3) is 0.556. The highest BCUT2D eigenvalue weighted by molar-refractivity contribution is 5.95. The molecule has 3 rings (SSSR count). The first kappa shape index (κ1) is 17.8. The molecule has 2 saturated heterocycles. The number of nitrogens with zero attached hydrogens (tertiary/aromatic N) is 2. The summed E-state index contributed by atoms with van der Waals surface area (Å²) in [6.45, 7) is 4.29. The third-order valence-electron chi connectivity index (χ3n) is 5.03. The highest BCUT2D eigenvalue weighted by Gasteiger charge is 2.32. The normalized spacial score (nSPS) is 24.3. The van der Waals surface area contributed by atoms with Crippen LogP contribution in [0.5, 0.6) is 0 Å². The number of hydrogen-bond donors (Lipinski definition) is 1. The number of piperidine rings is 1. The van der Waals surface area contributed by atoms with Gasteiger partial charge in [-0.15, -0.1) is 0 Å². The summed E-state index contributed by atoms with van der Waals surface area (Å²) >= 11 is 0. The summed E-state index contributed by atoms with van der Waals surface area (Å²) in [6.07, 6.45) is 1.64. The average molecular weight is 351 g/mol. The van der Waals surface area contributed by atoms with Crippen LogP contribution in [0.15, 0.2) is 18.2 Å². The smallest absolute Gasteiger partial charge is 0.259 e. The van der Waals surface area contributed by atoms with Gasteiger partial charge in [0.2, 0.25) is 5.91 Å². The number of rotatable bonds is 2. The molecule has 1 aromatic rings. The number of carbonyl (C=O) groups excluding carboxylic acids is 2. The molecule has 0 aliphatic carbocycles. The van der Waals surface area contributed by atoms with Gasteiger partial charge in [0, 0.05) is 38.1 Å². The number of piperazine rings is 1. The van der Waals surface area contributed by atoms with Gasteiger partial charge in [-0.25, -0.2) is 8.78 Å². The van der Waals surface area contributed by atoms with Crippen LogP contribution in [0, 0.1) is 17.6 Å². The van der Waals surface area contributed by atoms with Crippen LogP contribution < -0.4 is 5.32 Å². The Hall–Kier alpha value is -2.02. The fourth-order valence-electron chi connectivity index (χ4n) is 3.60. The van der Waals surface area contributed by atoms with Crippen LogP contribution in [0.2, 0.25) is 0 Å². The van der Waals surface area contributed by atoms with E-state index < -0.39 is 23.1 Å². The van der Waals surface area contributed by atoms with E-state index in [1.165, 1.54) is 11.0 Å². The topological polar surface area (TPSA) is 52.7 Å². The monoisotopic (exact) mass is 351 g/mol. The quantitative estimate of drug-likeness (QED) is 0.881. The highest BCUT2D eigenvalue weighted by atomic mass is 19.1. The van der Waals surface area contributed by atoms with E-state index in [1.54, 1.807) is 4.90 Å². The number of amides is 2. The molecule has 0 bridgehead atoms. The van der Waals surface area contributed by atoms with Crippen molar-refractivity contribution in [1.82, 2.24) is 15.1 Å². The van der Waals surface area contributed by atoms with Crippen molar-refractivity contribution in [2.45, 2.75) is 25.8 Å². The maximum Gasteiger partial charge on any atom is 0.259 e. The van der Waals surface area contributed by atoms with Crippen molar-refractivity contribution in [2.75, 3.05) is 32.7 Å². The minimum absolute atomic E-state index is 0.0162. The van der Waals surface area contributed by atoms with E-state index in [9.17, 15) is 18.4 Å². The van der Waals surface area contributed by atoms with Crippen LogP contribution in [0.3, 0.4) is 0 Å². The zero-order chi connectivity index (χ0) is 18.0. The van der Waals surface area contributed by atoms with Crippen molar-refractivity contribution < 1.29 is 18.4 Å². The summed E-state index contributed by atoms with van der Waals surface area (Å²) in [5.41, 5.74) is -0.519. The van der Waals surface area contributed by atoms with Gasteiger partial charge < -0.3 is 15.1 Å². The SMILES string of the molecule is C[C@H]1C[C@@H](C(=O)N2CCN(C(=O)c3c(F)cccc3F)CC2)CCN1. The summed E-state index contributed by atoms with van der Waals surface area (Å²) in [7, 11) is 0. The highest BCUT2D eigenvalue weighted by Crippen LogP contribution is 2.21. The van der Waals surface area contributed by atoms with Gasteiger partial charge in [-0.2, -0.15) is 0 Å². The molecule has 0 unspecified atom stereocenters. The van der Waals surface area contributed by atoms with Crippen molar-refractivity contribution in [3.05, 3.63) is 35.4 Å². The Labute approximate surface area is 146 Å². The minimum atomic E-state index is -0.854. The maximum absolute atomic E-state index is 13.8. The molecule has 1 aromatic carbocycles. The molecule has 1 N–H and O–H groups in total. The second kappa shape index (κ2) is 7.47. The largest absolute Gasteiger partial charge is 0.339 e. The Bertz CT molecular complexity index is 639. The Morgan fingerprint density at radius 1 is 1.08 bits per heavy atom. The molecular weight excluding hydrogens is 328 g/mol. The van der Waals surface area contributed by atoms with Gasteiger partial charge in [-0.05, 0) is 38.4 Å². The molecule has 2 fully saturated rings. The van der Waals surface area contributed by atoms with Crippen LogP contribution in [0.1, 0.15) is 30.1 Å². The molecule has 2 aliphatic rings. The van der Waals surface area contributed by atoms with E-state index in [2.05, 4.69) is 12.2 Å². The third-order valence-corrected chi connectivity index (χ3v) is 5.03. The number of benzene rings is 1. The standard InChI is InChI=1S/C18H23F2N3O2/c1-12-11-13(5-6-21-12)17(24)22-7-9-23(10-8-22)18(25)16-14(19)3-2-4-15(16)20/h2-4,12-13,21H,5-11H2,1H3/t12-,13-/m0/s1. The zero-order valence-electron chi connectivity index (χ0n) is 14.3. The lowest BCUT2D eigenvalue weighted by atomic mass is 9.92. The fourth-order valence-corrected chi connectivity index (χ4v) is 3.60. The first-order chi connectivity index (χ1) is 12.0. The minimum Gasteiger partial charge on any atom is -0.339 e. The van der Waals surface area contributed by atoms with Crippen molar-refractivity contribution in [3.8, 4) is 0 Å². The number of nitrogens with one attached hydrogen (secondary N) is 1. The second-order valence-corrected chi connectivity index (χ2v) is 6.79. The molecular formula is C18H23F2N3O2. The van der Waals surface area contributed by atoms with Crippen LogP contribution in [0.4, 0.5) is 8.78 Å². The Morgan fingerprint density at radius 3 is 2.28 bits per heavy atom. The van der Waals surface area contributed by atoms with Crippen LogP contribution in [0.25, 0.3) is 0 Å². The molecule has 2 amide bonds. The van der Waals surface area contributed by atoms with Crippen molar-refractivity contribution >= 4 is 11.8 Å². The van der Waals surface area contributed by atoms with E-state index in [0.717, 1.165) is 31.5 Å². The van der Waals surface area contributed by atoms with Gasteiger partial charge >= 0.3 is 0 Å². The lowest BCUT2D eigenvalue weighted by molar-refractivity contribution is -0.138. The molecule has 5 nitrogen and oxygen atoms in total. The zero-order valence-corrected chi connectivity index (χ0v) is 14.3. The van der Waals surface area contributed by atoms with Gasteiger partial charge in [0.15, 0.2) is 0 Å². The van der Waals surface area contributed by atoms with E-state index in [4.69, 9.17) is 0 Å². The molecule has 2 heterocycles. The number of hydrogen-bond acceptors (Lipinski definition) is 3. The van der Waals surface area contributed by atoms with Crippen molar-refractivity contribution in [2.24, 2.45) is 5.92 Å². The summed E-state index contributed by atoms with van der Waals surface area (Å²) in [5.74, 6) is -2.22. The molecule has 25 heavy (non-hydrogen) atoms. The molecule has 0 saturated carbocycles. The molecule has 136 valence electrons. The summed E-state index contributed by atoms with van der Waals surface area (Å²) in [6, 6.07) is 3.72. The van der Waals surface area contributed by atoms with Gasteiger partial charge in [-0.3, -0.25) is 9.59 Å². The summed E-state index contributed by atoms with van der Waals surface area (Å²) in [5, 5.41) is 3.33. The Kier molecular flexibility index (Phi) is 5.32. The van der Waals surface area contributed by atoms with E-state index in [-0.39, 0.29) is 11.8 Å². The second-order valence-electron chi connectivity index (χ2n) is 6.79. The van der Waals surface area contributed by atoms with E-state index in [0.29, 0.717) is 32.2 Å². The van der Waals surface area contributed by atoms with Gasteiger partial charge in [0.25, 0.3) is 5.91 Å². The van der Waals surface area contributed by atoms with E-state index in [1.807, 2.05) is 0 Å². The van der Waals surface area contributed by atoms with Crippen LogP contribution in [-0.4, -0.2) is 60.4 Å². The first-order valence-electron chi connectivity index (χ1n) is 8.73. The lowest BCUT2D eigenvalue weighted by Crippen LogP contribution is -2.53. The Morgan fingerprint density at radius 2 is 1.68 bits per heavy atom. The maximum atomic E-state index is 13.8. The first-order valence-corrected chi connectivity index (χ1v) is 8.73. The third kappa shape index (κ3) is 3.81.